The van der Waals surface area contributed by atoms with Gasteiger partial charge in [-0.05, 0) is 25.7 Å². The molecule has 0 aliphatic carbocycles. The molecule has 0 bridgehead atoms. The van der Waals surface area contributed by atoms with E-state index >= 15 is 0 Å². The van der Waals surface area contributed by atoms with Crippen molar-refractivity contribution < 1.29 is 9.53 Å². The minimum Gasteiger partial charge on any atom is -0.462 e. The van der Waals surface area contributed by atoms with Crippen LogP contribution >= 0.6 is 0 Å². The summed E-state index contributed by atoms with van der Waals surface area (Å²) in [5.41, 5.74) is 0. The van der Waals surface area contributed by atoms with Crippen molar-refractivity contribution in [2.45, 2.75) is 162 Å². The molecule has 0 aliphatic rings. The van der Waals surface area contributed by atoms with E-state index in [1.165, 1.54) is 109 Å². The van der Waals surface area contributed by atoms with E-state index in [1.807, 2.05) is 0 Å². The van der Waals surface area contributed by atoms with Gasteiger partial charge in [0.05, 0.1) is 0 Å². The predicted octanol–water partition coefficient (Wildman–Crippen LogP) is 9.15. The highest BCUT2D eigenvalue weighted by Gasteiger charge is 2.12. The zero-order valence-electron chi connectivity index (χ0n) is 19.7. The van der Waals surface area contributed by atoms with Gasteiger partial charge in [-0.2, -0.15) is 0 Å². The van der Waals surface area contributed by atoms with Gasteiger partial charge in [0.15, 0.2) is 0 Å². The summed E-state index contributed by atoms with van der Waals surface area (Å²) in [5, 5.41) is 0. The van der Waals surface area contributed by atoms with Crippen LogP contribution in [0.5, 0.6) is 0 Å². The number of rotatable bonds is 22. The van der Waals surface area contributed by atoms with Crippen LogP contribution in [0.4, 0.5) is 0 Å². The third kappa shape index (κ3) is 20.2. The molecule has 0 unspecified atom stereocenters. The Balaban J connectivity index is 3.47. The molecule has 0 rings (SSSR count). The SMILES string of the molecule is CCCCCCCCCCCC(=O)O[C@H](CC)CCCCCCCCCCC. The number of carbonyl (C=O) groups is 1. The Morgan fingerprint density at radius 2 is 0.964 bits per heavy atom. The summed E-state index contributed by atoms with van der Waals surface area (Å²) in [6.45, 7) is 6.68. The zero-order chi connectivity index (χ0) is 20.7. The highest BCUT2D eigenvalue weighted by atomic mass is 16.5. The van der Waals surface area contributed by atoms with Crippen molar-refractivity contribution in [3.63, 3.8) is 0 Å². The lowest BCUT2D eigenvalue weighted by Gasteiger charge is -2.16. The first-order chi connectivity index (χ1) is 13.7. The van der Waals surface area contributed by atoms with Gasteiger partial charge in [-0.1, -0.05) is 124 Å². The summed E-state index contributed by atoms with van der Waals surface area (Å²) in [6, 6.07) is 0. The van der Waals surface area contributed by atoms with Gasteiger partial charge in [0.25, 0.3) is 0 Å². The molecule has 0 aliphatic heterocycles. The molecule has 0 N–H and O–H groups in total. The van der Waals surface area contributed by atoms with E-state index in [1.54, 1.807) is 0 Å². The molecule has 0 spiro atoms. The largest absolute Gasteiger partial charge is 0.462 e. The Hall–Kier alpha value is -0.530. The number of carbonyl (C=O) groups excluding carboxylic acids is 1. The standard InChI is InChI=1S/C26H52O2/c1-4-7-9-11-13-15-17-19-21-23-25(6-3)28-26(27)24-22-20-18-16-14-12-10-8-5-2/h25H,4-24H2,1-3H3/t25-/m1/s1. The first-order valence-electron chi connectivity index (χ1n) is 12.9. The average Bonchev–Trinajstić information content (AvgIpc) is 2.70. The molecular weight excluding hydrogens is 344 g/mol. The number of hydrogen-bond donors (Lipinski definition) is 0. The Morgan fingerprint density at radius 3 is 1.39 bits per heavy atom. The van der Waals surface area contributed by atoms with Crippen LogP contribution in [0.2, 0.25) is 0 Å². The summed E-state index contributed by atoms with van der Waals surface area (Å²) in [4.78, 5) is 12.1. The Bertz CT molecular complexity index is 314. The predicted molar refractivity (Wildman–Crippen MR) is 124 cm³/mol. The first-order valence-corrected chi connectivity index (χ1v) is 12.9. The van der Waals surface area contributed by atoms with Crippen molar-refractivity contribution in [1.82, 2.24) is 0 Å². The van der Waals surface area contributed by atoms with Crippen LogP contribution in [0.3, 0.4) is 0 Å². The van der Waals surface area contributed by atoms with Gasteiger partial charge in [-0.15, -0.1) is 0 Å². The maximum absolute atomic E-state index is 12.1. The second kappa shape index (κ2) is 22.8. The van der Waals surface area contributed by atoms with E-state index in [4.69, 9.17) is 4.74 Å². The zero-order valence-corrected chi connectivity index (χ0v) is 19.7. The summed E-state index contributed by atoms with van der Waals surface area (Å²) in [5.74, 6) is 0.0331. The topological polar surface area (TPSA) is 26.3 Å². The van der Waals surface area contributed by atoms with Crippen LogP contribution in [-0.4, -0.2) is 12.1 Å². The molecule has 2 nitrogen and oxygen atoms in total. The molecule has 1 atom stereocenters. The quantitative estimate of drug-likeness (QED) is 0.135. The summed E-state index contributed by atoms with van der Waals surface area (Å²) in [6.07, 6.45) is 26.5. The summed E-state index contributed by atoms with van der Waals surface area (Å²) < 4.78 is 5.70. The highest BCUT2D eigenvalue weighted by molar-refractivity contribution is 5.69. The molecule has 0 saturated carbocycles. The molecule has 28 heavy (non-hydrogen) atoms. The maximum Gasteiger partial charge on any atom is 0.306 e. The molecule has 0 amide bonds. The first kappa shape index (κ1) is 27.5. The second-order valence-electron chi connectivity index (χ2n) is 8.72. The summed E-state index contributed by atoms with van der Waals surface area (Å²) in [7, 11) is 0. The molecule has 168 valence electrons. The molecule has 0 aromatic heterocycles. The molecule has 0 heterocycles. The van der Waals surface area contributed by atoms with Crippen molar-refractivity contribution in [2.75, 3.05) is 0 Å². The fourth-order valence-corrected chi connectivity index (χ4v) is 3.85. The van der Waals surface area contributed by atoms with Crippen LogP contribution in [0, 0.1) is 0 Å². The Morgan fingerprint density at radius 1 is 0.571 bits per heavy atom. The number of esters is 1. The van der Waals surface area contributed by atoms with Crippen LogP contribution in [0.25, 0.3) is 0 Å². The lowest BCUT2D eigenvalue weighted by atomic mass is 10.0. The third-order valence-corrected chi connectivity index (χ3v) is 5.87. The molecular formula is C26H52O2. The smallest absolute Gasteiger partial charge is 0.306 e. The summed E-state index contributed by atoms with van der Waals surface area (Å²) >= 11 is 0. The molecule has 0 aromatic rings. The van der Waals surface area contributed by atoms with Gasteiger partial charge in [0, 0.05) is 6.42 Å². The molecule has 0 radical (unpaired) electrons. The number of unbranched alkanes of at least 4 members (excludes halogenated alkanes) is 16. The molecule has 0 fully saturated rings. The molecule has 2 heteroatoms. The van der Waals surface area contributed by atoms with E-state index in [9.17, 15) is 4.79 Å². The number of ether oxygens (including phenoxy) is 1. The van der Waals surface area contributed by atoms with Crippen LogP contribution in [-0.2, 0) is 9.53 Å². The third-order valence-electron chi connectivity index (χ3n) is 5.87. The normalized spacial score (nSPS) is 12.2. The lowest BCUT2D eigenvalue weighted by Crippen LogP contribution is -2.17. The minimum atomic E-state index is 0.0331. The lowest BCUT2D eigenvalue weighted by molar-refractivity contribution is -0.149. The Labute approximate surface area is 177 Å². The monoisotopic (exact) mass is 396 g/mol. The second-order valence-corrected chi connectivity index (χ2v) is 8.72. The van der Waals surface area contributed by atoms with Crippen molar-refractivity contribution in [3.8, 4) is 0 Å². The van der Waals surface area contributed by atoms with Crippen molar-refractivity contribution in [1.29, 1.82) is 0 Å². The van der Waals surface area contributed by atoms with Crippen molar-refractivity contribution in [3.05, 3.63) is 0 Å². The van der Waals surface area contributed by atoms with E-state index in [0.29, 0.717) is 6.42 Å². The Kier molecular flexibility index (Phi) is 22.3. The minimum absolute atomic E-state index is 0.0331. The maximum atomic E-state index is 12.1. The van der Waals surface area contributed by atoms with Gasteiger partial charge in [-0.25, -0.2) is 0 Å². The fourth-order valence-electron chi connectivity index (χ4n) is 3.85. The van der Waals surface area contributed by atoms with Gasteiger partial charge in [0.2, 0.25) is 0 Å². The van der Waals surface area contributed by atoms with Crippen molar-refractivity contribution >= 4 is 5.97 Å². The van der Waals surface area contributed by atoms with Gasteiger partial charge >= 0.3 is 5.97 Å². The average molecular weight is 397 g/mol. The van der Waals surface area contributed by atoms with Crippen LogP contribution < -0.4 is 0 Å². The van der Waals surface area contributed by atoms with Gasteiger partial charge in [-0.3, -0.25) is 4.79 Å². The van der Waals surface area contributed by atoms with E-state index in [0.717, 1.165) is 19.3 Å². The van der Waals surface area contributed by atoms with Gasteiger partial charge in [0.1, 0.15) is 6.10 Å². The number of hydrogen-bond acceptors (Lipinski definition) is 2. The molecule has 0 saturated heterocycles. The van der Waals surface area contributed by atoms with E-state index in [-0.39, 0.29) is 12.1 Å². The van der Waals surface area contributed by atoms with E-state index < -0.39 is 0 Å². The van der Waals surface area contributed by atoms with Crippen molar-refractivity contribution in [2.24, 2.45) is 0 Å². The highest BCUT2D eigenvalue weighted by Crippen LogP contribution is 2.15. The molecule has 0 aromatic carbocycles. The fraction of sp³-hybridized carbons (Fsp3) is 0.962. The van der Waals surface area contributed by atoms with E-state index in [2.05, 4.69) is 20.8 Å². The van der Waals surface area contributed by atoms with Crippen LogP contribution in [0.15, 0.2) is 0 Å². The van der Waals surface area contributed by atoms with Crippen LogP contribution in [0.1, 0.15) is 156 Å². The van der Waals surface area contributed by atoms with Gasteiger partial charge < -0.3 is 4.74 Å².